The smallest absolute Gasteiger partial charge is 0.309 e. The van der Waals surface area contributed by atoms with Gasteiger partial charge < -0.3 is 14.8 Å². The van der Waals surface area contributed by atoms with Crippen LogP contribution < -0.4 is 4.74 Å². The predicted molar refractivity (Wildman–Crippen MR) is 63.9 cm³/mol. The molecule has 0 saturated carbocycles. The topological polar surface area (TPSA) is 62.3 Å². The number of benzene rings is 1. The van der Waals surface area contributed by atoms with Crippen LogP contribution in [-0.2, 0) is 11.2 Å². The quantitative estimate of drug-likeness (QED) is 0.910. The molecule has 84 valence electrons. The molecule has 0 unspecified atom stereocenters. The van der Waals surface area contributed by atoms with Crippen molar-refractivity contribution in [3.05, 3.63) is 28.4 Å². The first-order chi connectivity index (χ1) is 7.61. The van der Waals surface area contributed by atoms with Crippen LogP contribution in [0.15, 0.2) is 22.7 Å². The molecule has 4 nitrogen and oxygen atoms in total. The molecule has 0 atom stereocenters. The van der Waals surface area contributed by atoms with E-state index in [1.54, 1.807) is 13.2 Å². The summed E-state index contributed by atoms with van der Waals surface area (Å²) in [7, 11) is 1.59. The molecule has 16 heavy (non-hydrogen) atoms. The van der Waals surface area contributed by atoms with E-state index in [0.29, 0.717) is 11.4 Å². The third-order valence-corrected chi connectivity index (χ3v) is 2.93. The summed E-state index contributed by atoms with van der Waals surface area (Å²) in [6.07, 6.45) is -0.0184. The lowest BCUT2D eigenvalue weighted by Gasteiger charge is -2.03. The van der Waals surface area contributed by atoms with Crippen molar-refractivity contribution >= 4 is 32.8 Å². The van der Waals surface area contributed by atoms with Crippen LogP contribution in [-0.4, -0.2) is 23.2 Å². The summed E-state index contributed by atoms with van der Waals surface area (Å²) in [6.45, 7) is 0. The first kappa shape index (κ1) is 11.0. The fraction of sp³-hybridized carbons (Fsp3) is 0.182. The Morgan fingerprint density at radius 1 is 1.56 bits per heavy atom. The maximum Gasteiger partial charge on any atom is 0.309 e. The van der Waals surface area contributed by atoms with Gasteiger partial charge in [0.1, 0.15) is 5.75 Å². The highest BCUT2D eigenvalue weighted by atomic mass is 79.9. The normalized spacial score (nSPS) is 10.6. The number of halogens is 1. The Labute approximate surface area is 100 Å². The van der Waals surface area contributed by atoms with E-state index in [-0.39, 0.29) is 6.42 Å². The molecule has 5 heteroatoms. The molecule has 1 aromatic heterocycles. The molecule has 0 aliphatic rings. The number of carboxylic acid groups (broad SMARTS) is 1. The summed E-state index contributed by atoms with van der Waals surface area (Å²) >= 11 is 3.38. The number of ether oxygens (including phenoxy) is 1. The number of fused-ring (bicyclic) bond motifs is 1. The summed E-state index contributed by atoms with van der Waals surface area (Å²) in [4.78, 5) is 13.7. The second-order valence-electron chi connectivity index (χ2n) is 3.41. The fourth-order valence-corrected chi connectivity index (χ4v) is 2.18. The summed E-state index contributed by atoms with van der Waals surface area (Å²) in [5.41, 5.74) is 1.54. The zero-order valence-corrected chi connectivity index (χ0v) is 10.2. The van der Waals surface area contributed by atoms with Crippen LogP contribution in [0.3, 0.4) is 0 Å². The minimum Gasteiger partial charge on any atom is -0.495 e. The summed E-state index contributed by atoms with van der Waals surface area (Å²) in [6, 6.07) is 5.54. The minimum atomic E-state index is -0.857. The highest BCUT2D eigenvalue weighted by Crippen LogP contribution is 2.33. The summed E-state index contributed by atoms with van der Waals surface area (Å²) in [5.74, 6) is -0.144. The van der Waals surface area contributed by atoms with Crippen molar-refractivity contribution in [2.45, 2.75) is 6.42 Å². The first-order valence-electron chi connectivity index (χ1n) is 4.67. The number of hydrogen-bond donors (Lipinski definition) is 2. The number of aliphatic carboxylic acids is 1. The molecule has 0 radical (unpaired) electrons. The Hall–Kier alpha value is -1.49. The van der Waals surface area contributed by atoms with Gasteiger partial charge in [0, 0.05) is 16.6 Å². The van der Waals surface area contributed by atoms with Gasteiger partial charge in [-0.2, -0.15) is 0 Å². The van der Waals surface area contributed by atoms with Gasteiger partial charge in [0.2, 0.25) is 0 Å². The molecule has 2 aromatic rings. The second-order valence-corrected chi connectivity index (χ2v) is 4.26. The lowest BCUT2D eigenvalue weighted by atomic mass is 10.2. The standard InChI is InChI=1S/C11H10BrNO3/c1-16-11-7-4-6(5-10(14)15)13-9(7)3-2-8(11)12/h2-4,13H,5H2,1H3,(H,14,15). The lowest BCUT2D eigenvalue weighted by Crippen LogP contribution is -1.99. The van der Waals surface area contributed by atoms with Gasteiger partial charge in [-0.05, 0) is 34.1 Å². The Morgan fingerprint density at radius 3 is 2.94 bits per heavy atom. The van der Waals surface area contributed by atoms with E-state index in [1.807, 2.05) is 12.1 Å². The number of H-pyrrole nitrogens is 1. The van der Waals surface area contributed by atoms with Gasteiger partial charge in [-0.1, -0.05) is 0 Å². The highest BCUT2D eigenvalue weighted by Gasteiger charge is 2.10. The number of carboxylic acids is 1. The van der Waals surface area contributed by atoms with Crippen molar-refractivity contribution < 1.29 is 14.6 Å². The summed E-state index contributed by atoms with van der Waals surface area (Å²) in [5, 5.41) is 9.60. The van der Waals surface area contributed by atoms with Crippen molar-refractivity contribution in [3.63, 3.8) is 0 Å². The molecule has 1 heterocycles. The van der Waals surface area contributed by atoms with Gasteiger partial charge in [0.05, 0.1) is 18.0 Å². The van der Waals surface area contributed by atoms with Crippen molar-refractivity contribution in [1.82, 2.24) is 4.98 Å². The van der Waals surface area contributed by atoms with Gasteiger partial charge in [0.25, 0.3) is 0 Å². The molecule has 0 fully saturated rings. The second kappa shape index (κ2) is 4.17. The molecular weight excluding hydrogens is 274 g/mol. The maximum atomic E-state index is 10.6. The molecular formula is C11H10BrNO3. The Morgan fingerprint density at radius 2 is 2.31 bits per heavy atom. The number of nitrogens with one attached hydrogen (secondary N) is 1. The third-order valence-electron chi connectivity index (χ3n) is 2.31. The zero-order valence-electron chi connectivity index (χ0n) is 8.58. The number of methoxy groups -OCH3 is 1. The van der Waals surface area contributed by atoms with Crippen molar-refractivity contribution in [2.24, 2.45) is 0 Å². The molecule has 0 aliphatic carbocycles. The van der Waals surface area contributed by atoms with Crippen molar-refractivity contribution in [1.29, 1.82) is 0 Å². The molecule has 1 aromatic carbocycles. The average molecular weight is 284 g/mol. The third kappa shape index (κ3) is 1.90. The van der Waals surface area contributed by atoms with Crippen LogP contribution in [0.25, 0.3) is 10.9 Å². The van der Waals surface area contributed by atoms with E-state index in [2.05, 4.69) is 20.9 Å². The molecule has 2 N–H and O–H groups in total. The van der Waals surface area contributed by atoms with Crippen LogP contribution >= 0.6 is 15.9 Å². The van der Waals surface area contributed by atoms with E-state index in [1.165, 1.54) is 0 Å². The molecule has 0 saturated heterocycles. The molecule has 0 spiro atoms. The summed E-state index contributed by atoms with van der Waals surface area (Å²) < 4.78 is 6.11. The number of aromatic nitrogens is 1. The van der Waals surface area contributed by atoms with E-state index in [4.69, 9.17) is 9.84 Å². The number of carbonyl (C=O) groups is 1. The SMILES string of the molecule is COc1c(Br)ccc2[nH]c(CC(=O)O)cc12. The zero-order chi connectivity index (χ0) is 11.7. The Balaban J connectivity index is 2.56. The van der Waals surface area contributed by atoms with Crippen LogP contribution in [0.2, 0.25) is 0 Å². The van der Waals surface area contributed by atoms with E-state index >= 15 is 0 Å². The monoisotopic (exact) mass is 283 g/mol. The average Bonchev–Trinajstić information content (AvgIpc) is 2.59. The van der Waals surface area contributed by atoms with E-state index in [9.17, 15) is 4.79 Å². The first-order valence-corrected chi connectivity index (χ1v) is 5.47. The van der Waals surface area contributed by atoms with Gasteiger partial charge in [-0.3, -0.25) is 4.79 Å². The van der Waals surface area contributed by atoms with Crippen LogP contribution in [0, 0.1) is 0 Å². The van der Waals surface area contributed by atoms with Crippen LogP contribution in [0.1, 0.15) is 5.69 Å². The lowest BCUT2D eigenvalue weighted by molar-refractivity contribution is -0.136. The number of rotatable bonds is 3. The van der Waals surface area contributed by atoms with Gasteiger partial charge in [-0.25, -0.2) is 0 Å². The fourth-order valence-electron chi connectivity index (χ4n) is 1.67. The predicted octanol–water partition coefficient (Wildman–Crippen LogP) is 2.57. The van der Waals surface area contributed by atoms with E-state index < -0.39 is 5.97 Å². The maximum absolute atomic E-state index is 10.6. The van der Waals surface area contributed by atoms with Crippen LogP contribution in [0.4, 0.5) is 0 Å². The van der Waals surface area contributed by atoms with E-state index in [0.717, 1.165) is 15.4 Å². The minimum absolute atomic E-state index is 0.0184. The largest absolute Gasteiger partial charge is 0.495 e. The Bertz CT molecular complexity index is 547. The Kier molecular flexibility index (Phi) is 2.87. The molecule has 0 aliphatic heterocycles. The van der Waals surface area contributed by atoms with Crippen molar-refractivity contribution in [3.8, 4) is 5.75 Å². The molecule has 2 rings (SSSR count). The van der Waals surface area contributed by atoms with Crippen molar-refractivity contribution in [2.75, 3.05) is 7.11 Å². The van der Waals surface area contributed by atoms with Gasteiger partial charge >= 0.3 is 5.97 Å². The van der Waals surface area contributed by atoms with Gasteiger partial charge in [-0.15, -0.1) is 0 Å². The number of hydrogen-bond acceptors (Lipinski definition) is 2. The highest BCUT2D eigenvalue weighted by molar-refractivity contribution is 9.10. The molecule has 0 bridgehead atoms. The van der Waals surface area contributed by atoms with Crippen LogP contribution in [0.5, 0.6) is 5.75 Å². The number of aromatic amines is 1. The van der Waals surface area contributed by atoms with Gasteiger partial charge in [0.15, 0.2) is 0 Å². The molecule has 0 amide bonds.